The first-order valence-corrected chi connectivity index (χ1v) is 9.64. The molecule has 0 bridgehead atoms. The van der Waals surface area contributed by atoms with Gasteiger partial charge >= 0.3 is 6.18 Å². The number of hydrogen-bond donors (Lipinski definition) is 1. The maximum Gasteiger partial charge on any atom is 0.416 e. The molecule has 1 heterocycles. The largest absolute Gasteiger partial charge is 0.416 e. The number of alkyl halides is 3. The number of amides is 2. The number of halogens is 3. The Hall–Kier alpha value is -2.83. The topological polar surface area (TPSA) is 49.4 Å². The Morgan fingerprint density at radius 1 is 1.07 bits per heavy atom. The average molecular weight is 404 g/mol. The highest BCUT2D eigenvalue weighted by Crippen LogP contribution is 2.33. The molecule has 0 radical (unpaired) electrons. The van der Waals surface area contributed by atoms with Crippen molar-refractivity contribution in [3.8, 4) is 0 Å². The monoisotopic (exact) mass is 404 g/mol. The fourth-order valence-corrected chi connectivity index (χ4v) is 3.44. The van der Waals surface area contributed by atoms with E-state index in [1.807, 2.05) is 18.2 Å². The van der Waals surface area contributed by atoms with Gasteiger partial charge in [-0.1, -0.05) is 36.4 Å². The molecule has 1 fully saturated rings. The number of rotatable bonds is 7. The number of anilines is 1. The standard InChI is InChI=1S/C22H23F3N2O2/c23-22(24,25)18-10-6-11-19(14-18)27-15-17(13-20(27)28)21(29)26-12-5-4-9-16-7-2-1-3-8-16/h1-3,6-8,10-11,14,17H,4-5,9,12-13,15H2,(H,26,29)/t17-/m1/s1. The van der Waals surface area contributed by atoms with Gasteiger partial charge in [0.15, 0.2) is 0 Å². The van der Waals surface area contributed by atoms with E-state index in [0.717, 1.165) is 31.4 Å². The third-order valence-electron chi connectivity index (χ3n) is 5.02. The average Bonchev–Trinajstić information content (AvgIpc) is 3.10. The number of nitrogens with zero attached hydrogens (tertiary/aromatic N) is 1. The lowest BCUT2D eigenvalue weighted by Gasteiger charge is -2.18. The molecule has 2 aromatic rings. The molecule has 0 aromatic heterocycles. The van der Waals surface area contributed by atoms with Crippen LogP contribution in [-0.2, 0) is 22.2 Å². The minimum Gasteiger partial charge on any atom is -0.356 e. The van der Waals surface area contributed by atoms with Gasteiger partial charge in [0, 0.05) is 25.2 Å². The van der Waals surface area contributed by atoms with Crippen LogP contribution in [0.3, 0.4) is 0 Å². The summed E-state index contributed by atoms with van der Waals surface area (Å²) in [4.78, 5) is 25.9. The van der Waals surface area contributed by atoms with Crippen molar-refractivity contribution in [2.24, 2.45) is 5.92 Å². The summed E-state index contributed by atoms with van der Waals surface area (Å²) >= 11 is 0. The molecular weight excluding hydrogens is 381 g/mol. The first-order chi connectivity index (χ1) is 13.8. The van der Waals surface area contributed by atoms with Crippen LogP contribution >= 0.6 is 0 Å². The van der Waals surface area contributed by atoms with Crippen LogP contribution in [-0.4, -0.2) is 24.9 Å². The lowest BCUT2D eigenvalue weighted by Crippen LogP contribution is -2.33. The molecule has 3 rings (SSSR count). The van der Waals surface area contributed by atoms with Crippen molar-refractivity contribution in [2.45, 2.75) is 31.9 Å². The van der Waals surface area contributed by atoms with Crippen LogP contribution in [0.5, 0.6) is 0 Å². The van der Waals surface area contributed by atoms with Crippen molar-refractivity contribution in [1.82, 2.24) is 5.32 Å². The van der Waals surface area contributed by atoms with Gasteiger partial charge in [0.1, 0.15) is 0 Å². The second-order valence-electron chi connectivity index (χ2n) is 7.19. The van der Waals surface area contributed by atoms with E-state index < -0.39 is 17.7 Å². The zero-order chi connectivity index (χ0) is 20.9. The Bertz CT molecular complexity index is 853. The van der Waals surface area contributed by atoms with Gasteiger partial charge in [-0.2, -0.15) is 13.2 Å². The van der Waals surface area contributed by atoms with E-state index in [-0.39, 0.29) is 30.5 Å². The highest BCUT2D eigenvalue weighted by molar-refractivity contribution is 6.00. The second-order valence-corrected chi connectivity index (χ2v) is 7.19. The van der Waals surface area contributed by atoms with Crippen LogP contribution in [0.1, 0.15) is 30.4 Å². The molecule has 0 aliphatic carbocycles. The number of hydrogen-bond acceptors (Lipinski definition) is 2. The summed E-state index contributed by atoms with van der Waals surface area (Å²) in [5, 5.41) is 2.84. The van der Waals surface area contributed by atoms with E-state index in [4.69, 9.17) is 0 Å². The van der Waals surface area contributed by atoms with Crippen molar-refractivity contribution < 1.29 is 22.8 Å². The second kappa shape index (κ2) is 9.11. The van der Waals surface area contributed by atoms with E-state index >= 15 is 0 Å². The molecule has 2 amide bonds. The number of benzene rings is 2. The van der Waals surface area contributed by atoms with Crippen molar-refractivity contribution in [2.75, 3.05) is 18.0 Å². The van der Waals surface area contributed by atoms with Crippen LogP contribution in [0.15, 0.2) is 54.6 Å². The van der Waals surface area contributed by atoms with Crippen molar-refractivity contribution in [3.63, 3.8) is 0 Å². The Morgan fingerprint density at radius 3 is 2.55 bits per heavy atom. The zero-order valence-electron chi connectivity index (χ0n) is 15.9. The maximum absolute atomic E-state index is 12.9. The summed E-state index contributed by atoms with van der Waals surface area (Å²) in [5.74, 6) is -1.12. The summed E-state index contributed by atoms with van der Waals surface area (Å²) in [6.07, 6.45) is -1.79. The van der Waals surface area contributed by atoms with Gasteiger partial charge < -0.3 is 10.2 Å². The molecule has 1 N–H and O–H groups in total. The summed E-state index contributed by atoms with van der Waals surface area (Å²) in [5.41, 5.74) is 0.606. The number of aryl methyl sites for hydroxylation is 1. The molecule has 1 saturated heterocycles. The van der Waals surface area contributed by atoms with Gasteiger partial charge in [0.25, 0.3) is 0 Å². The summed E-state index contributed by atoms with van der Waals surface area (Å²) in [7, 11) is 0. The predicted molar refractivity (Wildman–Crippen MR) is 104 cm³/mol. The first kappa shape index (κ1) is 20.9. The van der Waals surface area contributed by atoms with E-state index in [1.165, 1.54) is 22.6 Å². The summed E-state index contributed by atoms with van der Waals surface area (Å²) in [6, 6.07) is 14.7. The lowest BCUT2D eigenvalue weighted by molar-refractivity contribution is -0.137. The van der Waals surface area contributed by atoms with Crippen molar-refractivity contribution in [1.29, 1.82) is 0 Å². The molecule has 1 atom stereocenters. The van der Waals surface area contributed by atoms with Gasteiger partial charge in [-0.05, 0) is 43.0 Å². The van der Waals surface area contributed by atoms with Gasteiger partial charge in [-0.3, -0.25) is 9.59 Å². The highest BCUT2D eigenvalue weighted by atomic mass is 19.4. The van der Waals surface area contributed by atoms with Crippen molar-refractivity contribution >= 4 is 17.5 Å². The first-order valence-electron chi connectivity index (χ1n) is 9.64. The summed E-state index contributed by atoms with van der Waals surface area (Å²) in [6.45, 7) is 0.607. The van der Waals surface area contributed by atoms with Gasteiger partial charge in [0.2, 0.25) is 11.8 Å². The van der Waals surface area contributed by atoms with E-state index in [2.05, 4.69) is 17.4 Å². The molecule has 1 aliphatic rings. The third-order valence-corrected chi connectivity index (χ3v) is 5.02. The molecule has 29 heavy (non-hydrogen) atoms. The molecule has 1 aliphatic heterocycles. The minimum atomic E-state index is -4.48. The van der Waals surface area contributed by atoms with Crippen LogP contribution in [0.2, 0.25) is 0 Å². The Labute approximate surface area is 167 Å². The van der Waals surface area contributed by atoms with Crippen LogP contribution in [0.4, 0.5) is 18.9 Å². The number of unbranched alkanes of at least 4 members (excludes halogenated alkanes) is 1. The minimum absolute atomic E-state index is 0.00605. The van der Waals surface area contributed by atoms with Crippen LogP contribution in [0, 0.1) is 5.92 Å². The fraction of sp³-hybridized carbons (Fsp3) is 0.364. The smallest absolute Gasteiger partial charge is 0.356 e. The lowest BCUT2D eigenvalue weighted by atomic mass is 10.1. The van der Waals surface area contributed by atoms with Crippen molar-refractivity contribution in [3.05, 3.63) is 65.7 Å². The molecule has 0 unspecified atom stereocenters. The van der Waals surface area contributed by atoms with E-state index in [1.54, 1.807) is 0 Å². The maximum atomic E-state index is 12.9. The summed E-state index contributed by atoms with van der Waals surface area (Å²) < 4.78 is 38.7. The quantitative estimate of drug-likeness (QED) is 0.704. The van der Waals surface area contributed by atoms with Gasteiger partial charge in [-0.25, -0.2) is 0 Å². The third kappa shape index (κ3) is 5.59. The molecule has 154 valence electrons. The zero-order valence-corrected chi connectivity index (χ0v) is 15.9. The molecule has 4 nitrogen and oxygen atoms in total. The van der Waals surface area contributed by atoms with Crippen LogP contribution < -0.4 is 10.2 Å². The fourth-order valence-electron chi connectivity index (χ4n) is 3.44. The Balaban J connectivity index is 1.47. The Kier molecular flexibility index (Phi) is 6.56. The van der Waals surface area contributed by atoms with E-state index in [0.29, 0.717) is 6.54 Å². The predicted octanol–water partition coefficient (Wildman–Crippen LogP) is 4.20. The normalized spacial score (nSPS) is 16.9. The number of carbonyl (C=O) groups excluding carboxylic acids is 2. The van der Waals surface area contributed by atoms with Gasteiger partial charge in [0.05, 0.1) is 11.5 Å². The molecule has 2 aromatic carbocycles. The van der Waals surface area contributed by atoms with E-state index in [9.17, 15) is 22.8 Å². The van der Waals surface area contributed by atoms with Gasteiger partial charge in [-0.15, -0.1) is 0 Å². The SMILES string of the molecule is O=C(NCCCCc1ccccc1)[C@@H]1CC(=O)N(c2cccc(C(F)(F)F)c2)C1. The Morgan fingerprint density at radius 2 is 1.83 bits per heavy atom. The molecule has 0 spiro atoms. The highest BCUT2D eigenvalue weighted by Gasteiger charge is 2.36. The molecular formula is C22H23F3N2O2. The number of nitrogens with one attached hydrogen (secondary N) is 1. The number of carbonyl (C=O) groups is 2. The molecule has 0 saturated carbocycles. The molecule has 7 heteroatoms. The van der Waals surface area contributed by atoms with Crippen LogP contribution in [0.25, 0.3) is 0 Å².